The van der Waals surface area contributed by atoms with Crippen LogP contribution in [0, 0.1) is 13.8 Å². The molecule has 0 aliphatic heterocycles. The predicted molar refractivity (Wildman–Crippen MR) is 53.9 cm³/mol. The van der Waals surface area contributed by atoms with Gasteiger partial charge < -0.3 is 15.0 Å². The molecular weight excluding hydrogens is 196 g/mol. The van der Waals surface area contributed by atoms with Crippen molar-refractivity contribution < 1.29 is 19.8 Å². The summed E-state index contributed by atoms with van der Waals surface area (Å²) in [5.74, 6) is -2.49. The molecule has 0 heterocycles. The fraction of sp³-hybridized carbons (Fsp3) is 0.273. The first kappa shape index (κ1) is 13.2. The van der Waals surface area contributed by atoms with Crippen LogP contribution >= 0.6 is 0 Å². The van der Waals surface area contributed by atoms with Crippen LogP contribution < -0.4 is 5.11 Å². The number of aryl methyl sites for hydroxylation is 2. The van der Waals surface area contributed by atoms with Crippen LogP contribution in [-0.4, -0.2) is 17.0 Å². The molecule has 82 valence electrons. The number of rotatable bonds is 2. The van der Waals surface area contributed by atoms with E-state index in [1.54, 1.807) is 13.8 Å². The van der Waals surface area contributed by atoms with Gasteiger partial charge in [-0.1, -0.05) is 13.5 Å². The van der Waals surface area contributed by atoms with Gasteiger partial charge in [-0.3, -0.25) is 0 Å². The van der Waals surface area contributed by atoms with Crippen molar-refractivity contribution in [2.75, 3.05) is 0 Å². The first-order valence-corrected chi connectivity index (χ1v) is 3.99. The molecule has 4 heteroatoms. The largest absolute Gasteiger partial charge is 0.545 e. The highest BCUT2D eigenvalue weighted by molar-refractivity contribution is 5.95. The van der Waals surface area contributed by atoms with Gasteiger partial charge in [-0.15, -0.1) is 0 Å². The summed E-state index contributed by atoms with van der Waals surface area (Å²) in [4.78, 5) is 21.3. The zero-order valence-electron chi connectivity index (χ0n) is 7.83. The number of benzene rings is 1. The molecule has 0 aliphatic carbocycles. The third kappa shape index (κ3) is 2.56. The van der Waals surface area contributed by atoms with Crippen molar-refractivity contribution in [3.05, 3.63) is 34.4 Å². The second kappa shape index (κ2) is 4.59. The van der Waals surface area contributed by atoms with Crippen LogP contribution in [-0.2, 0) is 0 Å². The number of aromatic carboxylic acids is 2. The monoisotopic (exact) mass is 209 g/mol. The Morgan fingerprint density at radius 1 is 1.13 bits per heavy atom. The highest BCUT2D eigenvalue weighted by Gasteiger charge is 2.10. The number of hydrogen-bond acceptors (Lipinski definition) is 3. The number of carbonyl (C=O) groups excluding carboxylic acids is 1. The van der Waals surface area contributed by atoms with Gasteiger partial charge in [0.05, 0.1) is 11.5 Å². The Kier molecular flexibility index (Phi) is 4.03. The number of hydrogen-bond donors (Lipinski definition) is 1. The Morgan fingerprint density at radius 3 is 2.00 bits per heavy atom. The van der Waals surface area contributed by atoms with Gasteiger partial charge in [-0.25, -0.2) is 4.79 Å². The minimum absolute atomic E-state index is 0. The molecule has 0 amide bonds. The molecule has 1 aromatic carbocycles. The Hall–Kier alpha value is -1.84. The van der Waals surface area contributed by atoms with Crippen molar-refractivity contribution in [1.29, 1.82) is 0 Å². The fourth-order valence-corrected chi connectivity index (χ4v) is 1.30. The maximum atomic E-state index is 10.7. The molecule has 4 nitrogen and oxygen atoms in total. The number of carboxylic acid groups (broad SMARTS) is 2. The molecule has 1 aromatic rings. The first-order valence-electron chi connectivity index (χ1n) is 3.99. The molecule has 0 bridgehead atoms. The Labute approximate surface area is 88.2 Å². The summed E-state index contributed by atoms with van der Waals surface area (Å²) in [6.07, 6.45) is 0. The van der Waals surface area contributed by atoms with E-state index in [0.717, 1.165) is 6.07 Å². The summed E-state index contributed by atoms with van der Waals surface area (Å²) in [6, 6.07) is 2.65. The van der Waals surface area contributed by atoms with E-state index in [1.807, 2.05) is 0 Å². The normalized spacial score (nSPS) is 9.20. The summed E-state index contributed by atoms with van der Waals surface area (Å²) < 4.78 is 0. The van der Waals surface area contributed by atoms with E-state index in [2.05, 4.69) is 0 Å². The molecule has 0 saturated carbocycles. The van der Waals surface area contributed by atoms with Crippen LogP contribution in [0.1, 0.15) is 39.3 Å². The van der Waals surface area contributed by atoms with E-state index >= 15 is 0 Å². The lowest BCUT2D eigenvalue weighted by Gasteiger charge is -2.10. The lowest BCUT2D eigenvalue weighted by Crippen LogP contribution is -2.24. The van der Waals surface area contributed by atoms with Crippen molar-refractivity contribution in [1.82, 2.24) is 0 Å². The van der Waals surface area contributed by atoms with E-state index in [9.17, 15) is 14.7 Å². The van der Waals surface area contributed by atoms with Gasteiger partial charge in [-0.05, 0) is 31.0 Å². The second-order valence-corrected chi connectivity index (χ2v) is 3.07. The van der Waals surface area contributed by atoms with Gasteiger partial charge in [0.1, 0.15) is 0 Å². The summed E-state index contributed by atoms with van der Waals surface area (Å²) in [7, 11) is 0. The third-order valence-electron chi connectivity index (χ3n) is 2.02. The van der Waals surface area contributed by atoms with Crippen LogP contribution in [0.2, 0.25) is 0 Å². The molecule has 0 aliphatic rings. The summed E-state index contributed by atoms with van der Waals surface area (Å²) in [5.41, 5.74) is 0.968. The number of carboxylic acids is 2. The quantitative estimate of drug-likeness (QED) is 0.788. The van der Waals surface area contributed by atoms with E-state index in [4.69, 9.17) is 5.11 Å². The van der Waals surface area contributed by atoms with Crippen LogP contribution in [0.5, 0.6) is 0 Å². The predicted octanol–water partition coefficient (Wildman–Crippen LogP) is 1.00. The van der Waals surface area contributed by atoms with Crippen LogP contribution in [0.3, 0.4) is 0 Å². The van der Waals surface area contributed by atoms with E-state index < -0.39 is 11.9 Å². The fourth-order valence-electron chi connectivity index (χ4n) is 1.30. The van der Waals surface area contributed by atoms with Gasteiger partial charge in [0, 0.05) is 5.56 Å². The lowest BCUT2D eigenvalue weighted by molar-refractivity contribution is -0.255. The molecule has 0 saturated heterocycles. The number of carbonyl (C=O) groups is 2. The maximum absolute atomic E-state index is 10.7. The molecule has 15 heavy (non-hydrogen) atoms. The summed E-state index contributed by atoms with van der Waals surface area (Å²) in [6.45, 7) is 3.22. The van der Waals surface area contributed by atoms with Crippen molar-refractivity contribution in [2.45, 2.75) is 21.3 Å². The van der Waals surface area contributed by atoms with Gasteiger partial charge in [-0.2, -0.15) is 0 Å². The second-order valence-electron chi connectivity index (χ2n) is 3.07. The highest BCUT2D eigenvalue weighted by atomic mass is 16.4. The van der Waals surface area contributed by atoms with Crippen molar-refractivity contribution in [2.24, 2.45) is 0 Å². The average Bonchev–Trinajstić information content (AvgIpc) is 2.02. The highest BCUT2D eigenvalue weighted by Crippen LogP contribution is 2.15. The zero-order valence-corrected chi connectivity index (χ0v) is 7.83. The summed E-state index contributed by atoms with van der Waals surface area (Å²) in [5, 5.41) is 19.4. The van der Waals surface area contributed by atoms with Crippen molar-refractivity contribution >= 4 is 11.9 Å². The Balaban J connectivity index is 0.00000196. The molecule has 1 N–H and O–H groups in total. The topological polar surface area (TPSA) is 77.4 Å². The van der Waals surface area contributed by atoms with Gasteiger partial charge in [0.25, 0.3) is 0 Å². The molecule has 0 fully saturated rings. The average molecular weight is 209 g/mol. The van der Waals surface area contributed by atoms with Crippen molar-refractivity contribution in [3.8, 4) is 0 Å². The first-order chi connectivity index (χ1) is 6.43. The third-order valence-corrected chi connectivity index (χ3v) is 2.02. The molecule has 0 atom stereocenters. The summed E-state index contributed by atoms with van der Waals surface area (Å²) >= 11 is 0. The molecular formula is C11H13O4-. The molecule has 0 spiro atoms. The molecule has 0 aromatic heterocycles. The van der Waals surface area contributed by atoms with Gasteiger partial charge in [0.2, 0.25) is 0 Å². The SMILES string of the molecule is C.Cc1cc(C)c(C(=O)O)cc1C(=O)[O-]. The van der Waals surface area contributed by atoms with Crippen molar-refractivity contribution in [3.63, 3.8) is 0 Å². The molecule has 0 radical (unpaired) electrons. The lowest BCUT2D eigenvalue weighted by atomic mass is 10.0. The maximum Gasteiger partial charge on any atom is 0.335 e. The van der Waals surface area contributed by atoms with Crippen LogP contribution in [0.25, 0.3) is 0 Å². The minimum Gasteiger partial charge on any atom is -0.545 e. The van der Waals surface area contributed by atoms with Gasteiger partial charge in [0.15, 0.2) is 0 Å². The standard InChI is InChI=1S/C10H10O4.CH4/c1-5-3-6(2)8(10(13)14)4-7(5)9(11)12;/h3-4H,1-2H3,(H,11,12)(H,13,14);1H4/p-1. The van der Waals surface area contributed by atoms with E-state index in [0.29, 0.717) is 11.1 Å². The van der Waals surface area contributed by atoms with Crippen LogP contribution in [0.15, 0.2) is 12.1 Å². The Bertz CT molecular complexity index is 372. The van der Waals surface area contributed by atoms with E-state index in [1.165, 1.54) is 6.07 Å². The Morgan fingerprint density at radius 2 is 1.60 bits per heavy atom. The molecule has 1 rings (SSSR count). The van der Waals surface area contributed by atoms with Gasteiger partial charge >= 0.3 is 5.97 Å². The minimum atomic E-state index is -1.36. The van der Waals surface area contributed by atoms with Crippen LogP contribution in [0.4, 0.5) is 0 Å². The zero-order chi connectivity index (χ0) is 10.9. The smallest absolute Gasteiger partial charge is 0.335 e. The molecule has 0 unspecified atom stereocenters. The van der Waals surface area contributed by atoms with E-state index in [-0.39, 0.29) is 18.6 Å².